The molecular formula is C20H34IN5O2. The molecule has 0 radical (unpaired) electrons. The Morgan fingerprint density at radius 1 is 1.07 bits per heavy atom. The maximum Gasteiger partial charge on any atom is 0.289 e. The Hall–Kier alpha value is -1.29. The Labute approximate surface area is 185 Å². The first-order chi connectivity index (χ1) is 13.3. The molecule has 2 aliphatic rings. The molecule has 1 aromatic heterocycles. The summed E-state index contributed by atoms with van der Waals surface area (Å²) in [6.45, 7) is 10.2. The number of carbonyl (C=O) groups excluding carboxylic acids is 1. The molecule has 0 spiro atoms. The molecule has 0 aromatic carbocycles. The number of likely N-dealkylation sites (tertiary alicyclic amines) is 1. The predicted molar refractivity (Wildman–Crippen MR) is 122 cm³/mol. The molecule has 28 heavy (non-hydrogen) atoms. The molecule has 2 fully saturated rings. The van der Waals surface area contributed by atoms with Crippen molar-refractivity contribution in [1.82, 2.24) is 20.0 Å². The molecule has 2 saturated heterocycles. The van der Waals surface area contributed by atoms with Crippen molar-refractivity contribution in [3.63, 3.8) is 0 Å². The van der Waals surface area contributed by atoms with Crippen LogP contribution in [0.2, 0.25) is 0 Å². The van der Waals surface area contributed by atoms with Gasteiger partial charge in [0.05, 0.1) is 12.8 Å². The first-order valence-electron chi connectivity index (χ1n) is 10.4. The summed E-state index contributed by atoms with van der Waals surface area (Å²) in [6, 6.07) is 3.48. The second kappa shape index (κ2) is 12.3. The van der Waals surface area contributed by atoms with Crippen LogP contribution in [0.4, 0.5) is 0 Å². The van der Waals surface area contributed by atoms with Crippen LogP contribution in [0.5, 0.6) is 0 Å². The molecule has 2 aliphatic heterocycles. The fourth-order valence-electron chi connectivity index (χ4n) is 3.76. The summed E-state index contributed by atoms with van der Waals surface area (Å²) in [5, 5.41) is 3.41. The number of hydrogen-bond acceptors (Lipinski definition) is 4. The maximum absolute atomic E-state index is 12.4. The summed E-state index contributed by atoms with van der Waals surface area (Å²) in [5.74, 6) is 1.36. The van der Waals surface area contributed by atoms with E-state index in [0.29, 0.717) is 18.8 Å². The van der Waals surface area contributed by atoms with Gasteiger partial charge in [-0.2, -0.15) is 0 Å². The van der Waals surface area contributed by atoms with E-state index in [1.54, 1.807) is 18.4 Å². The van der Waals surface area contributed by atoms with Gasteiger partial charge in [0.25, 0.3) is 5.91 Å². The summed E-state index contributed by atoms with van der Waals surface area (Å²) in [6.07, 6.45) is 6.90. The Morgan fingerprint density at radius 2 is 1.75 bits per heavy atom. The third kappa shape index (κ3) is 6.65. The molecule has 0 aliphatic carbocycles. The summed E-state index contributed by atoms with van der Waals surface area (Å²) in [7, 11) is 0. The van der Waals surface area contributed by atoms with Crippen LogP contribution in [0, 0.1) is 0 Å². The van der Waals surface area contributed by atoms with Crippen LogP contribution in [0.25, 0.3) is 0 Å². The Balaban J connectivity index is 0.00000280. The average Bonchev–Trinajstić information content (AvgIpc) is 3.11. The zero-order chi connectivity index (χ0) is 18.9. The number of nitrogens with one attached hydrogen (secondary N) is 1. The van der Waals surface area contributed by atoms with Gasteiger partial charge in [-0.05, 0) is 45.0 Å². The van der Waals surface area contributed by atoms with Gasteiger partial charge in [-0.1, -0.05) is 12.8 Å². The molecule has 0 bridgehead atoms. The fourth-order valence-corrected chi connectivity index (χ4v) is 3.76. The monoisotopic (exact) mass is 503 g/mol. The van der Waals surface area contributed by atoms with Crippen LogP contribution in [-0.4, -0.2) is 85.5 Å². The quantitative estimate of drug-likeness (QED) is 0.380. The minimum atomic E-state index is -0.0252. The van der Waals surface area contributed by atoms with Gasteiger partial charge in [-0.15, -0.1) is 24.0 Å². The maximum atomic E-state index is 12.4. The van der Waals surface area contributed by atoms with Crippen molar-refractivity contribution in [3.8, 4) is 0 Å². The van der Waals surface area contributed by atoms with Gasteiger partial charge in [-0.25, -0.2) is 0 Å². The van der Waals surface area contributed by atoms with E-state index < -0.39 is 0 Å². The number of nitrogens with zero attached hydrogens (tertiary/aromatic N) is 4. The Bertz CT molecular complexity index is 592. The lowest BCUT2D eigenvalue weighted by atomic mass is 10.2. The summed E-state index contributed by atoms with van der Waals surface area (Å²) in [5.41, 5.74) is 0. The zero-order valence-electron chi connectivity index (χ0n) is 16.9. The lowest BCUT2D eigenvalue weighted by Crippen LogP contribution is -2.53. The highest BCUT2D eigenvalue weighted by Crippen LogP contribution is 2.11. The number of halogens is 1. The molecular weight excluding hydrogens is 469 g/mol. The summed E-state index contributed by atoms with van der Waals surface area (Å²) in [4.78, 5) is 23.9. The normalized spacial score (nSPS) is 19.1. The highest BCUT2D eigenvalue weighted by atomic mass is 127. The van der Waals surface area contributed by atoms with Gasteiger partial charge in [0.1, 0.15) is 0 Å². The van der Waals surface area contributed by atoms with Gasteiger partial charge in [-0.3, -0.25) is 9.79 Å². The van der Waals surface area contributed by atoms with Crippen molar-refractivity contribution < 1.29 is 9.21 Å². The number of furan rings is 1. The van der Waals surface area contributed by atoms with Crippen molar-refractivity contribution in [3.05, 3.63) is 24.2 Å². The van der Waals surface area contributed by atoms with Crippen molar-refractivity contribution in [2.75, 3.05) is 58.9 Å². The van der Waals surface area contributed by atoms with E-state index in [4.69, 9.17) is 9.41 Å². The molecule has 1 amide bonds. The van der Waals surface area contributed by atoms with Crippen LogP contribution in [0.3, 0.4) is 0 Å². The van der Waals surface area contributed by atoms with E-state index >= 15 is 0 Å². The standard InChI is InChI=1S/C20H33N5O2.HI/c1-2-21-20(22-9-12-23-10-5-3-4-6-11-23)25-15-13-24(14-16-25)19(26)18-8-7-17-27-18;/h7-8,17H,2-6,9-16H2,1H3,(H,21,22);1H. The van der Waals surface area contributed by atoms with Gasteiger partial charge in [0.15, 0.2) is 11.7 Å². The van der Waals surface area contributed by atoms with E-state index in [1.165, 1.54) is 38.8 Å². The van der Waals surface area contributed by atoms with Crippen molar-refractivity contribution in [2.24, 2.45) is 4.99 Å². The third-order valence-corrected chi connectivity index (χ3v) is 5.31. The number of aliphatic imine (C=N–C) groups is 1. The lowest BCUT2D eigenvalue weighted by Gasteiger charge is -2.36. The van der Waals surface area contributed by atoms with Crippen LogP contribution < -0.4 is 5.32 Å². The SMILES string of the molecule is CCNC(=NCCN1CCCCCC1)N1CCN(C(=O)c2ccco2)CC1.I. The molecule has 1 aromatic rings. The molecule has 7 nitrogen and oxygen atoms in total. The second-order valence-corrected chi connectivity index (χ2v) is 7.25. The van der Waals surface area contributed by atoms with Gasteiger partial charge in [0, 0.05) is 39.3 Å². The lowest BCUT2D eigenvalue weighted by molar-refractivity contribution is 0.0657. The van der Waals surface area contributed by atoms with Crippen LogP contribution in [0.1, 0.15) is 43.2 Å². The Kier molecular flexibility index (Phi) is 10.1. The minimum Gasteiger partial charge on any atom is -0.459 e. The first kappa shape index (κ1) is 23.0. The summed E-state index contributed by atoms with van der Waals surface area (Å²) >= 11 is 0. The van der Waals surface area contributed by atoms with E-state index in [2.05, 4.69) is 22.0 Å². The smallest absolute Gasteiger partial charge is 0.289 e. The van der Waals surface area contributed by atoms with Crippen molar-refractivity contribution in [1.29, 1.82) is 0 Å². The van der Waals surface area contributed by atoms with E-state index in [1.807, 2.05) is 4.90 Å². The van der Waals surface area contributed by atoms with Crippen LogP contribution in [-0.2, 0) is 0 Å². The van der Waals surface area contributed by atoms with Crippen LogP contribution in [0.15, 0.2) is 27.8 Å². The third-order valence-electron chi connectivity index (χ3n) is 5.31. The molecule has 3 rings (SSSR count). The van der Waals surface area contributed by atoms with Crippen molar-refractivity contribution >= 4 is 35.8 Å². The van der Waals surface area contributed by atoms with Crippen molar-refractivity contribution in [2.45, 2.75) is 32.6 Å². The first-order valence-corrected chi connectivity index (χ1v) is 10.4. The molecule has 8 heteroatoms. The molecule has 3 heterocycles. The number of carbonyl (C=O) groups is 1. The molecule has 0 atom stereocenters. The number of guanidine groups is 1. The van der Waals surface area contributed by atoms with Gasteiger partial charge in [0.2, 0.25) is 0 Å². The average molecular weight is 503 g/mol. The topological polar surface area (TPSA) is 64.3 Å². The number of amides is 1. The second-order valence-electron chi connectivity index (χ2n) is 7.25. The number of rotatable bonds is 5. The van der Waals surface area contributed by atoms with E-state index in [0.717, 1.165) is 38.7 Å². The highest BCUT2D eigenvalue weighted by Gasteiger charge is 2.25. The largest absolute Gasteiger partial charge is 0.459 e. The summed E-state index contributed by atoms with van der Waals surface area (Å²) < 4.78 is 5.24. The molecule has 1 N–H and O–H groups in total. The molecule has 0 unspecified atom stereocenters. The zero-order valence-corrected chi connectivity index (χ0v) is 19.3. The molecule has 0 saturated carbocycles. The predicted octanol–water partition coefficient (Wildman–Crippen LogP) is 2.50. The highest BCUT2D eigenvalue weighted by molar-refractivity contribution is 14.0. The van der Waals surface area contributed by atoms with Crippen LogP contribution >= 0.6 is 24.0 Å². The van der Waals surface area contributed by atoms with Gasteiger partial charge < -0.3 is 24.4 Å². The Morgan fingerprint density at radius 3 is 2.36 bits per heavy atom. The molecule has 158 valence electrons. The van der Waals surface area contributed by atoms with E-state index in [9.17, 15) is 4.79 Å². The number of hydrogen-bond donors (Lipinski definition) is 1. The van der Waals surface area contributed by atoms with Gasteiger partial charge >= 0.3 is 0 Å². The fraction of sp³-hybridized carbons (Fsp3) is 0.700. The number of piperazine rings is 1. The minimum absolute atomic E-state index is 0. The van der Waals surface area contributed by atoms with E-state index in [-0.39, 0.29) is 29.9 Å².